The largest absolute Gasteiger partial charge is 0.481 e. The maximum absolute atomic E-state index is 11.5. The van der Waals surface area contributed by atoms with Crippen molar-refractivity contribution in [3.63, 3.8) is 0 Å². The van der Waals surface area contributed by atoms with Crippen LogP contribution in [0.15, 0.2) is 0 Å². The maximum Gasteiger partial charge on any atom is 0.313 e. The fraction of sp³-hybridized carbons (Fsp3) is 0.778. The number of carboxylic acid groups (broad SMARTS) is 1. The van der Waals surface area contributed by atoms with Gasteiger partial charge >= 0.3 is 11.9 Å². The van der Waals surface area contributed by atoms with Gasteiger partial charge in [-0.3, -0.25) is 9.59 Å². The molecule has 2 rings (SSSR count). The van der Waals surface area contributed by atoms with Crippen molar-refractivity contribution in [2.75, 3.05) is 0 Å². The van der Waals surface area contributed by atoms with Gasteiger partial charge in [0, 0.05) is 6.42 Å². The number of carboxylic acids is 1. The molecule has 1 N–H and O–H groups in total. The van der Waals surface area contributed by atoms with Crippen molar-refractivity contribution in [3.05, 3.63) is 0 Å². The van der Waals surface area contributed by atoms with Gasteiger partial charge in [-0.05, 0) is 13.3 Å². The van der Waals surface area contributed by atoms with E-state index < -0.39 is 17.3 Å². The number of ether oxygens (including phenoxy) is 1. The zero-order valence-electron chi connectivity index (χ0n) is 7.70. The molecule has 4 atom stereocenters. The number of halogens is 1. The first-order valence-electron chi connectivity index (χ1n) is 4.53. The lowest BCUT2D eigenvalue weighted by atomic mass is 9.68. The Morgan fingerprint density at radius 2 is 2.36 bits per heavy atom. The lowest BCUT2D eigenvalue weighted by Crippen LogP contribution is -2.42. The zero-order chi connectivity index (χ0) is 10.5. The predicted molar refractivity (Wildman–Crippen MR) is 51.1 cm³/mol. The summed E-state index contributed by atoms with van der Waals surface area (Å²) in [5.74, 6) is -1.90. The molecule has 1 aliphatic carbocycles. The third kappa shape index (κ3) is 1.18. The second-order valence-corrected chi connectivity index (χ2v) is 5.38. The van der Waals surface area contributed by atoms with E-state index in [1.165, 1.54) is 0 Å². The molecule has 4 nitrogen and oxygen atoms in total. The molecule has 5 heteroatoms. The van der Waals surface area contributed by atoms with Crippen molar-refractivity contribution in [2.45, 2.75) is 30.7 Å². The molecule has 78 valence electrons. The fourth-order valence-corrected chi connectivity index (χ4v) is 2.98. The molecule has 1 heterocycles. The minimum absolute atomic E-state index is 0.0249. The highest BCUT2D eigenvalue weighted by Gasteiger charge is 2.59. The summed E-state index contributed by atoms with van der Waals surface area (Å²) in [7, 11) is 0. The summed E-state index contributed by atoms with van der Waals surface area (Å²) in [6.45, 7) is 1.69. The van der Waals surface area contributed by atoms with Gasteiger partial charge in [0.2, 0.25) is 0 Å². The van der Waals surface area contributed by atoms with Crippen LogP contribution in [0.5, 0.6) is 0 Å². The van der Waals surface area contributed by atoms with Crippen LogP contribution in [0.1, 0.15) is 19.8 Å². The first-order chi connectivity index (χ1) is 6.45. The van der Waals surface area contributed by atoms with Gasteiger partial charge in [-0.1, -0.05) is 15.9 Å². The zero-order valence-corrected chi connectivity index (χ0v) is 9.28. The highest BCUT2D eigenvalue weighted by Crippen LogP contribution is 2.50. The normalized spacial score (nSPS) is 46.1. The summed E-state index contributed by atoms with van der Waals surface area (Å²) in [4.78, 5) is 22.5. The number of rotatable bonds is 1. The minimum Gasteiger partial charge on any atom is -0.481 e. The molecule has 1 saturated heterocycles. The molecule has 2 bridgehead atoms. The first kappa shape index (κ1) is 9.96. The second kappa shape index (κ2) is 2.95. The SMILES string of the molecule is C[C@@]12C[C@@H](OC1=O)[C@@H](Br)C[C@H]2C(=O)O. The first-order valence-corrected chi connectivity index (χ1v) is 5.44. The van der Waals surface area contributed by atoms with E-state index in [1.54, 1.807) is 6.92 Å². The van der Waals surface area contributed by atoms with Crippen LogP contribution in [0.2, 0.25) is 0 Å². The standard InChI is InChI=1S/C9H11BrO4/c1-9-3-6(14-8(9)13)5(10)2-4(9)7(11)12/h4-6H,2-3H2,1H3,(H,11,12)/t4-,5-,6+,9-/m0/s1. The summed E-state index contributed by atoms with van der Waals surface area (Å²) < 4.78 is 5.13. The molecule has 0 radical (unpaired) electrons. The molecular weight excluding hydrogens is 252 g/mol. The van der Waals surface area contributed by atoms with E-state index in [9.17, 15) is 9.59 Å². The molecule has 14 heavy (non-hydrogen) atoms. The van der Waals surface area contributed by atoms with Gasteiger partial charge < -0.3 is 9.84 Å². The van der Waals surface area contributed by atoms with E-state index in [0.29, 0.717) is 12.8 Å². The highest BCUT2D eigenvalue weighted by molar-refractivity contribution is 9.09. The number of carbonyl (C=O) groups is 2. The molecular formula is C9H11BrO4. The summed E-state index contributed by atoms with van der Waals surface area (Å²) in [5.41, 5.74) is -0.819. The van der Waals surface area contributed by atoms with Crippen LogP contribution in [-0.2, 0) is 14.3 Å². The smallest absolute Gasteiger partial charge is 0.313 e. The Morgan fingerprint density at radius 3 is 2.93 bits per heavy atom. The van der Waals surface area contributed by atoms with Crippen molar-refractivity contribution >= 4 is 27.9 Å². The van der Waals surface area contributed by atoms with E-state index in [-0.39, 0.29) is 16.9 Å². The van der Waals surface area contributed by atoms with Crippen LogP contribution in [0.4, 0.5) is 0 Å². The number of aliphatic carboxylic acids is 1. The summed E-state index contributed by atoms with van der Waals surface area (Å²) in [6, 6.07) is 0. The molecule has 0 unspecified atom stereocenters. The van der Waals surface area contributed by atoms with E-state index in [4.69, 9.17) is 9.84 Å². The summed E-state index contributed by atoms with van der Waals surface area (Å²) in [5, 5.41) is 9.03. The molecule has 2 aliphatic rings. The Bertz CT molecular complexity index is 303. The Balaban J connectivity index is 2.35. The Labute approximate surface area is 89.7 Å². The Kier molecular flexibility index (Phi) is 2.10. The van der Waals surface area contributed by atoms with Gasteiger partial charge in [0.25, 0.3) is 0 Å². The lowest BCUT2D eigenvalue weighted by molar-refractivity contribution is -0.156. The van der Waals surface area contributed by atoms with E-state index in [1.807, 2.05) is 0 Å². The van der Waals surface area contributed by atoms with Crippen molar-refractivity contribution in [3.8, 4) is 0 Å². The van der Waals surface area contributed by atoms with E-state index >= 15 is 0 Å². The molecule has 2 fully saturated rings. The average molecular weight is 263 g/mol. The highest BCUT2D eigenvalue weighted by atomic mass is 79.9. The molecule has 0 amide bonds. The molecule has 0 aromatic carbocycles. The number of hydrogen-bond acceptors (Lipinski definition) is 3. The third-order valence-corrected chi connectivity index (χ3v) is 4.24. The van der Waals surface area contributed by atoms with Gasteiger partial charge in [-0.25, -0.2) is 0 Å². The van der Waals surface area contributed by atoms with Crippen molar-refractivity contribution in [1.29, 1.82) is 0 Å². The van der Waals surface area contributed by atoms with Crippen molar-refractivity contribution in [2.24, 2.45) is 11.3 Å². The van der Waals surface area contributed by atoms with Gasteiger partial charge in [-0.2, -0.15) is 0 Å². The van der Waals surface area contributed by atoms with Crippen LogP contribution in [-0.4, -0.2) is 28.0 Å². The average Bonchev–Trinajstić information content (AvgIpc) is 2.34. The van der Waals surface area contributed by atoms with Crippen LogP contribution in [0, 0.1) is 11.3 Å². The van der Waals surface area contributed by atoms with Crippen LogP contribution in [0.3, 0.4) is 0 Å². The Hall–Kier alpha value is -0.580. The van der Waals surface area contributed by atoms with E-state index in [2.05, 4.69) is 15.9 Å². The van der Waals surface area contributed by atoms with Gasteiger partial charge in [0.05, 0.1) is 16.2 Å². The van der Waals surface area contributed by atoms with Gasteiger partial charge in [0.1, 0.15) is 6.10 Å². The molecule has 0 aromatic heterocycles. The predicted octanol–water partition coefficient (Wildman–Crippen LogP) is 1.18. The van der Waals surface area contributed by atoms with Crippen LogP contribution in [0.25, 0.3) is 0 Å². The summed E-state index contributed by atoms with van der Waals surface area (Å²) in [6.07, 6.45) is 0.823. The monoisotopic (exact) mass is 262 g/mol. The van der Waals surface area contributed by atoms with Crippen LogP contribution < -0.4 is 0 Å². The maximum atomic E-state index is 11.5. The second-order valence-electron chi connectivity index (χ2n) is 4.21. The van der Waals surface area contributed by atoms with Crippen LogP contribution >= 0.6 is 15.9 Å². The summed E-state index contributed by atoms with van der Waals surface area (Å²) >= 11 is 3.36. The number of alkyl halides is 1. The molecule has 0 spiro atoms. The van der Waals surface area contributed by atoms with E-state index in [0.717, 1.165) is 0 Å². The minimum atomic E-state index is -0.908. The lowest BCUT2D eigenvalue weighted by Gasteiger charge is -2.32. The Morgan fingerprint density at radius 1 is 1.71 bits per heavy atom. The number of carbonyl (C=O) groups excluding carboxylic acids is 1. The fourth-order valence-electron chi connectivity index (χ4n) is 2.31. The molecule has 1 saturated carbocycles. The molecule has 0 aromatic rings. The van der Waals surface area contributed by atoms with Gasteiger partial charge in [0.15, 0.2) is 0 Å². The number of esters is 1. The van der Waals surface area contributed by atoms with Crippen molar-refractivity contribution < 1.29 is 19.4 Å². The van der Waals surface area contributed by atoms with Gasteiger partial charge in [-0.15, -0.1) is 0 Å². The molecule has 1 aliphatic heterocycles. The topological polar surface area (TPSA) is 63.6 Å². The quantitative estimate of drug-likeness (QED) is 0.570. The number of fused-ring (bicyclic) bond motifs is 2. The third-order valence-electron chi connectivity index (χ3n) is 3.28. The number of hydrogen-bond donors (Lipinski definition) is 1. The van der Waals surface area contributed by atoms with Crippen molar-refractivity contribution in [1.82, 2.24) is 0 Å².